The van der Waals surface area contributed by atoms with Gasteiger partial charge in [-0.2, -0.15) is 0 Å². The van der Waals surface area contributed by atoms with E-state index in [1.807, 2.05) is 11.3 Å². The molecule has 3 aromatic carbocycles. The van der Waals surface area contributed by atoms with E-state index >= 15 is 0 Å². The summed E-state index contributed by atoms with van der Waals surface area (Å²) in [6.45, 7) is 0. The molecule has 0 aliphatic carbocycles. The lowest BCUT2D eigenvalue weighted by atomic mass is 10.2. The topological polar surface area (TPSA) is 0 Å². The Morgan fingerprint density at radius 1 is 0.654 bits per heavy atom. The average Bonchev–Trinajstić information content (AvgIpc) is 3.17. The quantitative estimate of drug-likeness (QED) is 0.301. The van der Waals surface area contributed by atoms with Crippen LogP contribution in [0.25, 0.3) is 10.4 Å². The molecule has 0 N–H and O–H groups in total. The Kier molecular flexibility index (Phi) is 5.65. The standard InChI is InChI=1S/C23H18BrPS/c24-19-13-11-18(12-14-19)23-16-15-22(26-23)17-25(20-7-3-1-4-8-20)21-9-5-2-6-10-21/h1-16H,17H2. The number of thiophene rings is 1. The first-order valence-electron chi connectivity index (χ1n) is 8.52. The molecule has 0 aliphatic rings. The van der Waals surface area contributed by atoms with Gasteiger partial charge in [0.25, 0.3) is 0 Å². The number of hydrogen-bond donors (Lipinski definition) is 0. The van der Waals surface area contributed by atoms with Gasteiger partial charge in [-0.3, -0.25) is 0 Å². The Morgan fingerprint density at radius 3 is 1.81 bits per heavy atom. The Bertz CT molecular complexity index is 923. The molecular formula is C23H18BrPS. The Labute approximate surface area is 168 Å². The van der Waals surface area contributed by atoms with Crippen molar-refractivity contribution >= 4 is 45.8 Å². The lowest BCUT2D eigenvalue weighted by Gasteiger charge is -2.18. The second kappa shape index (κ2) is 8.31. The number of rotatable bonds is 5. The van der Waals surface area contributed by atoms with Crippen LogP contribution in [-0.4, -0.2) is 0 Å². The summed E-state index contributed by atoms with van der Waals surface area (Å²) in [6, 6.07) is 35.0. The first-order valence-corrected chi connectivity index (χ1v) is 11.7. The number of halogens is 1. The minimum Gasteiger partial charge on any atom is -0.140 e. The van der Waals surface area contributed by atoms with Crippen LogP contribution in [0.15, 0.2) is 102 Å². The van der Waals surface area contributed by atoms with E-state index in [1.54, 1.807) is 0 Å². The van der Waals surface area contributed by atoms with Crippen molar-refractivity contribution in [1.29, 1.82) is 0 Å². The fourth-order valence-corrected chi connectivity index (χ4v) is 6.80. The van der Waals surface area contributed by atoms with Crippen molar-refractivity contribution in [2.24, 2.45) is 0 Å². The maximum Gasteiger partial charge on any atom is 0.0345 e. The van der Waals surface area contributed by atoms with E-state index in [1.165, 1.54) is 25.9 Å². The van der Waals surface area contributed by atoms with Gasteiger partial charge < -0.3 is 0 Å². The zero-order valence-corrected chi connectivity index (χ0v) is 17.5. The molecule has 0 atom stereocenters. The molecule has 1 aromatic heterocycles. The smallest absolute Gasteiger partial charge is 0.0345 e. The molecule has 4 aromatic rings. The van der Waals surface area contributed by atoms with Crippen molar-refractivity contribution in [3.63, 3.8) is 0 Å². The molecule has 0 bridgehead atoms. The molecule has 4 rings (SSSR count). The van der Waals surface area contributed by atoms with E-state index in [9.17, 15) is 0 Å². The maximum absolute atomic E-state index is 3.51. The average molecular weight is 437 g/mol. The first kappa shape index (κ1) is 17.7. The van der Waals surface area contributed by atoms with Crippen LogP contribution in [0.3, 0.4) is 0 Å². The van der Waals surface area contributed by atoms with Crippen molar-refractivity contribution in [1.82, 2.24) is 0 Å². The first-order chi connectivity index (χ1) is 12.8. The molecule has 0 radical (unpaired) electrons. The van der Waals surface area contributed by atoms with Crippen LogP contribution < -0.4 is 10.6 Å². The van der Waals surface area contributed by atoms with Crippen molar-refractivity contribution in [3.8, 4) is 10.4 Å². The summed E-state index contributed by atoms with van der Waals surface area (Å²) in [6.07, 6.45) is 1.09. The van der Waals surface area contributed by atoms with Crippen molar-refractivity contribution in [2.75, 3.05) is 0 Å². The molecule has 26 heavy (non-hydrogen) atoms. The van der Waals surface area contributed by atoms with Gasteiger partial charge in [0.2, 0.25) is 0 Å². The van der Waals surface area contributed by atoms with Crippen molar-refractivity contribution < 1.29 is 0 Å². The van der Waals surface area contributed by atoms with E-state index in [0.717, 1.165) is 10.6 Å². The van der Waals surface area contributed by atoms with Crippen LogP contribution in [0.2, 0.25) is 0 Å². The van der Waals surface area contributed by atoms with Crippen LogP contribution in [0.1, 0.15) is 4.88 Å². The van der Waals surface area contributed by atoms with Gasteiger partial charge in [-0.05, 0) is 48.4 Å². The minimum atomic E-state index is -0.385. The zero-order valence-electron chi connectivity index (χ0n) is 14.2. The molecule has 0 fully saturated rings. The molecule has 0 saturated carbocycles. The normalized spacial score (nSPS) is 11.0. The third kappa shape index (κ3) is 4.15. The Morgan fingerprint density at radius 2 is 1.23 bits per heavy atom. The second-order valence-electron chi connectivity index (χ2n) is 6.03. The highest BCUT2D eigenvalue weighted by Crippen LogP contribution is 2.41. The van der Waals surface area contributed by atoms with Crippen molar-refractivity contribution in [2.45, 2.75) is 6.16 Å². The summed E-state index contributed by atoms with van der Waals surface area (Å²) in [7, 11) is -0.385. The molecular weight excluding hydrogens is 419 g/mol. The number of hydrogen-bond acceptors (Lipinski definition) is 1. The van der Waals surface area contributed by atoms with Gasteiger partial charge in [-0.1, -0.05) is 88.7 Å². The molecule has 0 nitrogen and oxygen atoms in total. The summed E-state index contributed by atoms with van der Waals surface area (Å²) < 4.78 is 1.12. The summed E-state index contributed by atoms with van der Waals surface area (Å²) in [4.78, 5) is 2.78. The van der Waals surface area contributed by atoms with Crippen LogP contribution in [0.5, 0.6) is 0 Å². The van der Waals surface area contributed by atoms with E-state index in [2.05, 4.69) is 113 Å². The summed E-state index contributed by atoms with van der Waals surface area (Å²) in [5.41, 5.74) is 1.29. The molecule has 0 saturated heterocycles. The lowest BCUT2D eigenvalue weighted by molar-refractivity contribution is 1.52. The Balaban J connectivity index is 1.63. The van der Waals surface area contributed by atoms with E-state index in [-0.39, 0.29) is 7.92 Å². The fraction of sp³-hybridized carbons (Fsp3) is 0.0435. The largest absolute Gasteiger partial charge is 0.140 e. The predicted molar refractivity (Wildman–Crippen MR) is 120 cm³/mol. The second-order valence-corrected chi connectivity index (χ2v) is 10.3. The number of benzene rings is 3. The molecule has 1 heterocycles. The van der Waals surface area contributed by atoms with E-state index < -0.39 is 0 Å². The van der Waals surface area contributed by atoms with E-state index in [4.69, 9.17) is 0 Å². The van der Waals surface area contributed by atoms with Gasteiger partial charge in [-0.15, -0.1) is 11.3 Å². The molecule has 128 valence electrons. The van der Waals surface area contributed by atoms with Crippen LogP contribution in [0.4, 0.5) is 0 Å². The van der Waals surface area contributed by atoms with Crippen LogP contribution in [-0.2, 0) is 6.16 Å². The van der Waals surface area contributed by atoms with E-state index in [0.29, 0.717) is 0 Å². The summed E-state index contributed by atoms with van der Waals surface area (Å²) in [5, 5.41) is 2.87. The Hall–Kier alpha value is -1.73. The molecule has 0 unspecified atom stereocenters. The molecule has 0 amide bonds. The van der Waals surface area contributed by atoms with Crippen LogP contribution >= 0.6 is 35.2 Å². The minimum absolute atomic E-state index is 0.385. The SMILES string of the molecule is Brc1ccc(-c2ccc(CP(c3ccccc3)c3ccccc3)s2)cc1. The van der Waals surface area contributed by atoms with Gasteiger partial charge in [-0.25, -0.2) is 0 Å². The summed E-state index contributed by atoms with van der Waals surface area (Å²) >= 11 is 5.42. The third-order valence-corrected chi connectivity index (χ3v) is 8.62. The highest BCUT2D eigenvalue weighted by atomic mass is 79.9. The van der Waals surface area contributed by atoms with Gasteiger partial charge in [0.05, 0.1) is 0 Å². The molecule has 0 aliphatic heterocycles. The zero-order chi connectivity index (χ0) is 17.8. The lowest BCUT2D eigenvalue weighted by Crippen LogP contribution is -2.12. The van der Waals surface area contributed by atoms with Crippen molar-refractivity contribution in [3.05, 3.63) is 106 Å². The maximum atomic E-state index is 3.51. The predicted octanol–water partition coefficient (Wildman–Crippen LogP) is 6.81. The van der Waals surface area contributed by atoms with Gasteiger partial charge in [0, 0.05) is 20.4 Å². The van der Waals surface area contributed by atoms with Gasteiger partial charge in [0.15, 0.2) is 0 Å². The molecule has 0 spiro atoms. The monoisotopic (exact) mass is 436 g/mol. The third-order valence-electron chi connectivity index (χ3n) is 4.24. The van der Waals surface area contributed by atoms with Crippen LogP contribution in [0, 0.1) is 0 Å². The molecule has 3 heteroatoms. The fourth-order valence-electron chi connectivity index (χ4n) is 2.94. The van der Waals surface area contributed by atoms with Gasteiger partial charge in [0.1, 0.15) is 0 Å². The van der Waals surface area contributed by atoms with Gasteiger partial charge >= 0.3 is 0 Å². The highest BCUT2D eigenvalue weighted by molar-refractivity contribution is 9.10. The highest BCUT2D eigenvalue weighted by Gasteiger charge is 2.15. The summed E-state index contributed by atoms with van der Waals surface area (Å²) in [5.74, 6) is 0.